The van der Waals surface area contributed by atoms with E-state index >= 15 is 0 Å². The van der Waals surface area contributed by atoms with Crippen molar-refractivity contribution in [3.05, 3.63) is 35.4 Å². The molecule has 4 N–H and O–H groups in total. The highest BCUT2D eigenvalue weighted by molar-refractivity contribution is 5.86. The van der Waals surface area contributed by atoms with Crippen LogP contribution in [0, 0.1) is 5.92 Å². The first-order valence-corrected chi connectivity index (χ1v) is 5.77. The summed E-state index contributed by atoms with van der Waals surface area (Å²) in [6.45, 7) is 0. The largest absolute Gasteiger partial charge is 0.481 e. The van der Waals surface area contributed by atoms with E-state index in [9.17, 15) is 14.7 Å². The summed E-state index contributed by atoms with van der Waals surface area (Å²) < 4.78 is 0. The zero-order chi connectivity index (χ0) is 13.1. The first-order valence-electron chi connectivity index (χ1n) is 5.77. The van der Waals surface area contributed by atoms with Crippen LogP contribution < -0.4 is 5.73 Å². The van der Waals surface area contributed by atoms with Gasteiger partial charge in [0.25, 0.3) is 0 Å². The summed E-state index contributed by atoms with van der Waals surface area (Å²) in [6.07, 6.45) is 0.650. The number of fused-ring (bicyclic) bond motifs is 2. The van der Waals surface area contributed by atoms with E-state index in [0.29, 0.717) is 12.0 Å². The van der Waals surface area contributed by atoms with Crippen molar-refractivity contribution in [2.24, 2.45) is 11.7 Å². The van der Waals surface area contributed by atoms with Crippen LogP contribution in [-0.2, 0) is 20.5 Å². The molecule has 0 aliphatic heterocycles. The second-order valence-corrected chi connectivity index (χ2v) is 5.25. The SMILES string of the molecule is NC1(C(=O)O)CC2(CC2C(=O)O)c2ccccc21. The highest BCUT2D eigenvalue weighted by Gasteiger charge is 2.68. The molecule has 5 nitrogen and oxygen atoms in total. The van der Waals surface area contributed by atoms with Gasteiger partial charge in [0.15, 0.2) is 0 Å². The number of hydrogen-bond donors (Lipinski definition) is 3. The number of aliphatic carboxylic acids is 2. The molecular weight excluding hydrogens is 234 g/mol. The van der Waals surface area contributed by atoms with Crippen LogP contribution in [0.2, 0.25) is 0 Å². The van der Waals surface area contributed by atoms with Crippen LogP contribution in [0.15, 0.2) is 24.3 Å². The number of carbonyl (C=O) groups is 2. The maximum atomic E-state index is 11.4. The Kier molecular flexibility index (Phi) is 1.94. The summed E-state index contributed by atoms with van der Waals surface area (Å²) in [4.78, 5) is 22.5. The van der Waals surface area contributed by atoms with E-state index < -0.39 is 28.8 Å². The van der Waals surface area contributed by atoms with Crippen molar-refractivity contribution >= 4 is 11.9 Å². The highest BCUT2D eigenvalue weighted by atomic mass is 16.4. The zero-order valence-corrected chi connectivity index (χ0v) is 9.59. The number of nitrogens with two attached hydrogens (primary N) is 1. The minimum absolute atomic E-state index is 0.172. The second kappa shape index (κ2) is 3.11. The molecule has 5 heteroatoms. The third-order valence-electron chi connectivity index (χ3n) is 4.29. The molecular formula is C13H13NO4. The number of carboxylic acids is 2. The van der Waals surface area contributed by atoms with E-state index in [-0.39, 0.29) is 6.42 Å². The molecule has 3 atom stereocenters. The highest BCUT2D eigenvalue weighted by Crippen LogP contribution is 2.65. The van der Waals surface area contributed by atoms with Gasteiger partial charge in [0.2, 0.25) is 0 Å². The van der Waals surface area contributed by atoms with Crippen LogP contribution in [0.3, 0.4) is 0 Å². The molecule has 94 valence electrons. The smallest absolute Gasteiger partial charge is 0.328 e. The molecule has 0 heterocycles. The molecule has 0 radical (unpaired) electrons. The van der Waals surface area contributed by atoms with Gasteiger partial charge in [-0.3, -0.25) is 4.79 Å². The maximum absolute atomic E-state index is 11.4. The fraction of sp³-hybridized carbons (Fsp3) is 0.385. The van der Waals surface area contributed by atoms with Gasteiger partial charge in [0, 0.05) is 5.41 Å². The van der Waals surface area contributed by atoms with E-state index in [4.69, 9.17) is 10.8 Å². The first-order chi connectivity index (χ1) is 8.42. The molecule has 1 saturated carbocycles. The van der Waals surface area contributed by atoms with Gasteiger partial charge in [-0.05, 0) is 24.0 Å². The number of benzene rings is 1. The number of carboxylic acid groups (broad SMARTS) is 2. The molecule has 0 amide bonds. The molecule has 2 aliphatic rings. The third kappa shape index (κ3) is 1.14. The average molecular weight is 247 g/mol. The first kappa shape index (κ1) is 11.2. The molecule has 1 aromatic carbocycles. The van der Waals surface area contributed by atoms with Gasteiger partial charge >= 0.3 is 11.9 Å². The third-order valence-corrected chi connectivity index (χ3v) is 4.29. The Hall–Kier alpha value is -1.88. The Bertz CT molecular complexity index is 570. The molecule has 3 rings (SSSR count). The molecule has 18 heavy (non-hydrogen) atoms. The molecule has 1 aromatic rings. The van der Waals surface area contributed by atoms with Crippen LogP contribution in [0.4, 0.5) is 0 Å². The lowest BCUT2D eigenvalue weighted by molar-refractivity contribution is -0.144. The van der Waals surface area contributed by atoms with Crippen molar-refractivity contribution in [1.29, 1.82) is 0 Å². The van der Waals surface area contributed by atoms with Crippen LogP contribution in [0.1, 0.15) is 24.0 Å². The summed E-state index contributed by atoms with van der Waals surface area (Å²) >= 11 is 0. The van der Waals surface area contributed by atoms with E-state index in [0.717, 1.165) is 5.56 Å². The molecule has 1 fully saturated rings. The van der Waals surface area contributed by atoms with Gasteiger partial charge in [-0.1, -0.05) is 24.3 Å². The molecule has 1 spiro atoms. The van der Waals surface area contributed by atoms with Crippen molar-refractivity contribution in [1.82, 2.24) is 0 Å². The average Bonchev–Trinajstić information content (AvgIpc) is 2.97. The summed E-state index contributed by atoms with van der Waals surface area (Å²) in [5.41, 5.74) is 5.32. The molecule has 2 aliphatic carbocycles. The Labute approximate surface area is 103 Å². The lowest BCUT2D eigenvalue weighted by Crippen LogP contribution is -2.43. The van der Waals surface area contributed by atoms with Crippen LogP contribution in [0.25, 0.3) is 0 Å². The predicted octanol–water partition coefficient (Wildman–Crippen LogP) is 0.671. The van der Waals surface area contributed by atoms with Gasteiger partial charge in [-0.25, -0.2) is 4.79 Å². The normalized spacial score (nSPS) is 36.4. The topological polar surface area (TPSA) is 101 Å². The molecule has 0 saturated heterocycles. The van der Waals surface area contributed by atoms with Gasteiger partial charge in [-0.15, -0.1) is 0 Å². The molecule has 0 aromatic heterocycles. The Morgan fingerprint density at radius 2 is 1.83 bits per heavy atom. The lowest BCUT2D eigenvalue weighted by Gasteiger charge is -2.19. The fourth-order valence-corrected chi connectivity index (χ4v) is 3.31. The van der Waals surface area contributed by atoms with Crippen molar-refractivity contribution in [2.75, 3.05) is 0 Å². The Balaban J connectivity index is 2.15. The molecule has 3 unspecified atom stereocenters. The Morgan fingerprint density at radius 3 is 2.33 bits per heavy atom. The van der Waals surface area contributed by atoms with E-state index in [2.05, 4.69) is 0 Å². The quantitative estimate of drug-likeness (QED) is 0.713. The van der Waals surface area contributed by atoms with Crippen LogP contribution in [0.5, 0.6) is 0 Å². The van der Waals surface area contributed by atoms with E-state index in [1.807, 2.05) is 0 Å². The zero-order valence-electron chi connectivity index (χ0n) is 9.59. The van der Waals surface area contributed by atoms with Gasteiger partial charge < -0.3 is 15.9 Å². The van der Waals surface area contributed by atoms with Gasteiger partial charge in [0.1, 0.15) is 5.54 Å². The lowest BCUT2D eigenvalue weighted by atomic mass is 9.91. The Morgan fingerprint density at radius 1 is 1.22 bits per heavy atom. The van der Waals surface area contributed by atoms with Crippen LogP contribution >= 0.6 is 0 Å². The van der Waals surface area contributed by atoms with Gasteiger partial charge in [0.05, 0.1) is 5.92 Å². The van der Waals surface area contributed by atoms with Crippen molar-refractivity contribution in [2.45, 2.75) is 23.8 Å². The van der Waals surface area contributed by atoms with E-state index in [1.54, 1.807) is 24.3 Å². The predicted molar refractivity (Wildman–Crippen MR) is 62.0 cm³/mol. The number of rotatable bonds is 2. The van der Waals surface area contributed by atoms with E-state index in [1.165, 1.54) is 0 Å². The summed E-state index contributed by atoms with van der Waals surface area (Å²) in [7, 11) is 0. The monoisotopic (exact) mass is 247 g/mol. The second-order valence-electron chi connectivity index (χ2n) is 5.25. The summed E-state index contributed by atoms with van der Waals surface area (Å²) in [6, 6.07) is 7.03. The summed E-state index contributed by atoms with van der Waals surface area (Å²) in [5, 5.41) is 18.5. The fourth-order valence-electron chi connectivity index (χ4n) is 3.31. The van der Waals surface area contributed by atoms with Crippen molar-refractivity contribution in [3.63, 3.8) is 0 Å². The van der Waals surface area contributed by atoms with Crippen molar-refractivity contribution < 1.29 is 19.8 Å². The minimum atomic E-state index is -1.46. The standard InChI is InChI=1S/C13H13NO4/c14-13(11(17)18)6-12(5-9(12)10(15)16)7-3-1-2-4-8(7)13/h1-4,9H,5-6,14H2,(H,15,16)(H,17,18). The van der Waals surface area contributed by atoms with Crippen molar-refractivity contribution in [3.8, 4) is 0 Å². The van der Waals surface area contributed by atoms with Crippen LogP contribution in [-0.4, -0.2) is 22.2 Å². The summed E-state index contributed by atoms with van der Waals surface area (Å²) in [5.74, 6) is -2.48. The minimum Gasteiger partial charge on any atom is -0.481 e. The van der Waals surface area contributed by atoms with Gasteiger partial charge in [-0.2, -0.15) is 0 Å². The molecule has 0 bridgehead atoms. The number of hydrogen-bond acceptors (Lipinski definition) is 3. The maximum Gasteiger partial charge on any atom is 0.328 e.